The van der Waals surface area contributed by atoms with E-state index in [0.29, 0.717) is 5.73 Å². The highest BCUT2D eigenvalue weighted by Gasteiger charge is 2.57. The van der Waals surface area contributed by atoms with Crippen LogP contribution in [0.1, 0.15) is 60.8 Å². The van der Waals surface area contributed by atoms with Crippen LogP contribution in [0, 0.1) is 0 Å². The first-order valence-corrected chi connectivity index (χ1v) is 24.7. The lowest BCUT2D eigenvalue weighted by molar-refractivity contribution is 0.109. The van der Waals surface area contributed by atoms with Crippen LogP contribution in [0.2, 0.25) is 68.6 Å². The molecule has 0 aliphatic carbocycles. The SMILES string of the molecule is C=C[Si](C)(OC(CC)[C@@](C)(CC)[Si](C)(C)OC(C)[Si](C)(C)C)C(C)(CC)[Si](C)(C)C. The van der Waals surface area contributed by atoms with Gasteiger partial charge in [0.2, 0.25) is 8.32 Å². The van der Waals surface area contributed by atoms with Crippen LogP contribution in [0.15, 0.2) is 12.3 Å². The maximum absolute atomic E-state index is 7.35. The van der Waals surface area contributed by atoms with Crippen molar-refractivity contribution in [2.24, 2.45) is 0 Å². The van der Waals surface area contributed by atoms with E-state index in [1.165, 1.54) is 6.42 Å². The van der Waals surface area contributed by atoms with Crippen LogP contribution in [-0.2, 0) is 8.85 Å². The van der Waals surface area contributed by atoms with Gasteiger partial charge in [0.05, 0.1) is 22.3 Å². The van der Waals surface area contributed by atoms with Gasteiger partial charge in [0.25, 0.3) is 0 Å². The molecule has 0 aliphatic heterocycles. The zero-order valence-electron chi connectivity index (χ0n) is 23.4. The minimum Gasteiger partial charge on any atom is -0.417 e. The Morgan fingerprint density at radius 2 is 1.30 bits per heavy atom. The number of hydrogen-bond donors (Lipinski definition) is 0. The van der Waals surface area contributed by atoms with Gasteiger partial charge in [0.1, 0.15) is 0 Å². The average Bonchev–Trinajstić information content (AvgIpc) is 2.61. The highest BCUT2D eigenvalue weighted by molar-refractivity contribution is 6.99. The largest absolute Gasteiger partial charge is 0.417 e. The molecule has 0 spiro atoms. The Balaban J connectivity index is 6.27. The lowest BCUT2D eigenvalue weighted by atomic mass is 9.98. The third kappa shape index (κ3) is 5.90. The van der Waals surface area contributed by atoms with Crippen molar-refractivity contribution in [3.05, 3.63) is 12.3 Å². The van der Waals surface area contributed by atoms with Crippen LogP contribution in [0.4, 0.5) is 0 Å². The van der Waals surface area contributed by atoms with Crippen molar-refractivity contribution >= 4 is 32.8 Å². The maximum Gasteiger partial charge on any atom is 0.217 e. The number of rotatable bonds is 13. The second kappa shape index (κ2) is 10.2. The molecule has 2 nitrogen and oxygen atoms in total. The van der Waals surface area contributed by atoms with Gasteiger partial charge in [-0.1, -0.05) is 86.0 Å². The minimum absolute atomic E-state index is 0.0705. The zero-order valence-corrected chi connectivity index (χ0v) is 27.4. The van der Waals surface area contributed by atoms with Crippen LogP contribution in [0.25, 0.3) is 0 Å². The first kappa shape index (κ1) is 30.5. The molecule has 0 saturated heterocycles. The molecule has 0 aliphatic rings. The predicted molar refractivity (Wildman–Crippen MR) is 149 cm³/mol. The van der Waals surface area contributed by atoms with Crippen molar-refractivity contribution < 1.29 is 8.85 Å². The van der Waals surface area contributed by atoms with Gasteiger partial charge in [-0.15, -0.1) is 6.58 Å². The fraction of sp³-hybridized carbons (Fsp3) is 0.917. The molecule has 0 aromatic carbocycles. The van der Waals surface area contributed by atoms with Crippen LogP contribution in [-0.4, -0.2) is 44.6 Å². The molecule has 0 fully saturated rings. The van der Waals surface area contributed by atoms with Crippen LogP contribution in [0.3, 0.4) is 0 Å². The molecular formula is C24H56O2Si4. The summed E-state index contributed by atoms with van der Waals surface area (Å²) in [6.07, 6.45) is 3.52. The quantitative estimate of drug-likeness (QED) is 0.241. The lowest BCUT2D eigenvalue weighted by Crippen LogP contribution is -2.61. The summed E-state index contributed by atoms with van der Waals surface area (Å²) in [5.74, 6) is 0. The molecule has 0 N–H and O–H groups in total. The minimum atomic E-state index is -2.18. The monoisotopic (exact) mass is 488 g/mol. The van der Waals surface area contributed by atoms with Gasteiger partial charge in [-0.2, -0.15) is 0 Å². The van der Waals surface area contributed by atoms with Crippen LogP contribution in [0.5, 0.6) is 0 Å². The molecule has 180 valence electrons. The van der Waals surface area contributed by atoms with E-state index in [2.05, 4.69) is 113 Å². The van der Waals surface area contributed by atoms with E-state index >= 15 is 0 Å². The Kier molecular flexibility index (Phi) is 10.4. The number of hydrogen-bond acceptors (Lipinski definition) is 2. The summed E-state index contributed by atoms with van der Waals surface area (Å²) in [5.41, 5.74) is 2.61. The normalized spacial score (nSPS) is 21.8. The Labute approximate surface area is 194 Å². The van der Waals surface area contributed by atoms with Gasteiger partial charge < -0.3 is 8.85 Å². The van der Waals surface area contributed by atoms with E-state index in [0.717, 1.165) is 12.8 Å². The Bertz CT molecular complexity index is 567. The Morgan fingerprint density at radius 3 is 1.57 bits per heavy atom. The molecule has 6 heteroatoms. The zero-order chi connectivity index (χ0) is 24.4. The van der Waals surface area contributed by atoms with Crippen molar-refractivity contribution in [2.75, 3.05) is 0 Å². The van der Waals surface area contributed by atoms with E-state index in [9.17, 15) is 0 Å². The molecule has 5 atom stereocenters. The first-order valence-electron chi connectivity index (χ1n) is 12.2. The molecule has 0 aromatic heterocycles. The summed E-state index contributed by atoms with van der Waals surface area (Å²) in [6, 6.07) is 0. The smallest absolute Gasteiger partial charge is 0.217 e. The second-order valence-electron chi connectivity index (χ2n) is 12.7. The van der Waals surface area contributed by atoms with Crippen LogP contribution < -0.4 is 0 Å². The molecule has 0 bridgehead atoms. The standard InChI is InChI=1S/C24H56O2Si4/c1-17-22(26-30(16,20-4)24(7,19-3)28(11,12)13)23(6,18-2)29(14,15)25-21(5)27(8,9)10/h20-22H,4,17-19H2,1-3,5-16H3/t21?,22?,23-,24?,30?/m1/s1. The summed E-state index contributed by atoms with van der Waals surface area (Å²) >= 11 is 0. The summed E-state index contributed by atoms with van der Waals surface area (Å²) < 4.78 is 14.6. The Hall–Kier alpha value is 0.528. The molecular weight excluding hydrogens is 433 g/mol. The molecule has 0 amide bonds. The summed E-state index contributed by atoms with van der Waals surface area (Å²) in [7, 11) is -7.02. The third-order valence-corrected chi connectivity index (χ3v) is 27.8. The van der Waals surface area contributed by atoms with E-state index in [4.69, 9.17) is 8.85 Å². The molecule has 0 rings (SSSR count). The maximum atomic E-state index is 7.35. The van der Waals surface area contributed by atoms with E-state index < -0.39 is 32.8 Å². The van der Waals surface area contributed by atoms with Gasteiger partial charge in [-0.25, -0.2) is 0 Å². The summed E-state index contributed by atoms with van der Waals surface area (Å²) in [4.78, 5) is 0. The van der Waals surface area contributed by atoms with E-state index in [1.54, 1.807) is 0 Å². The predicted octanol–water partition coefficient (Wildman–Crippen LogP) is 8.79. The fourth-order valence-electron chi connectivity index (χ4n) is 4.78. The molecule has 30 heavy (non-hydrogen) atoms. The lowest BCUT2D eigenvalue weighted by Gasteiger charge is -2.55. The topological polar surface area (TPSA) is 18.5 Å². The van der Waals surface area contributed by atoms with E-state index in [1.807, 2.05) is 0 Å². The summed E-state index contributed by atoms with van der Waals surface area (Å²) in [5, 5.41) is 0.0705. The van der Waals surface area contributed by atoms with Crippen molar-refractivity contribution in [2.45, 2.75) is 141 Å². The summed E-state index contributed by atoms with van der Waals surface area (Å²) in [6.45, 7) is 40.7. The van der Waals surface area contributed by atoms with Gasteiger partial charge in [0.15, 0.2) is 8.32 Å². The molecule has 0 aromatic rings. The van der Waals surface area contributed by atoms with Gasteiger partial charge in [-0.3, -0.25) is 0 Å². The molecule has 0 radical (unpaired) electrons. The van der Waals surface area contributed by atoms with Crippen molar-refractivity contribution in [3.63, 3.8) is 0 Å². The van der Waals surface area contributed by atoms with Crippen molar-refractivity contribution in [1.82, 2.24) is 0 Å². The van der Waals surface area contributed by atoms with Gasteiger partial charge in [-0.05, 0) is 44.1 Å². The third-order valence-electron chi connectivity index (χ3n) is 9.12. The highest BCUT2D eigenvalue weighted by Crippen LogP contribution is 2.54. The fourth-order valence-corrected chi connectivity index (χ4v) is 20.3. The van der Waals surface area contributed by atoms with Gasteiger partial charge in [0, 0.05) is 10.8 Å². The van der Waals surface area contributed by atoms with Crippen LogP contribution >= 0.6 is 0 Å². The van der Waals surface area contributed by atoms with Crippen molar-refractivity contribution in [3.8, 4) is 0 Å². The molecule has 4 unspecified atom stereocenters. The van der Waals surface area contributed by atoms with E-state index in [-0.39, 0.29) is 15.8 Å². The second-order valence-corrected chi connectivity index (χ2v) is 32.7. The first-order chi connectivity index (χ1) is 13.2. The van der Waals surface area contributed by atoms with Gasteiger partial charge >= 0.3 is 0 Å². The Morgan fingerprint density at radius 1 is 0.833 bits per heavy atom. The molecule has 0 saturated carbocycles. The molecule has 0 heterocycles. The highest BCUT2D eigenvalue weighted by atomic mass is 28.4. The average molecular weight is 489 g/mol. The van der Waals surface area contributed by atoms with Crippen molar-refractivity contribution in [1.29, 1.82) is 0 Å².